The molecule has 2 aliphatic heterocycles. The number of fused-ring (bicyclic) bond motifs is 1. The Morgan fingerprint density at radius 3 is 2.43 bits per heavy atom. The van der Waals surface area contributed by atoms with Crippen LogP contribution in [0.2, 0.25) is 0 Å². The molecule has 8 heteroatoms. The Kier molecular flexibility index (Phi) is 5.93. The van der Waals surface area contributed by atoms with E-state index in [1.54, 1.807) is 39.8 Å². The SMILES string of the molecule is C=C1C(=O)O[C@@H]2/C=C(\C)[C@@H](OC(C)=O)C[C@H](O)/C(C)=C/[C@@H](OC(=O)[C@]3(C)O[C@@H]3C)[C@@H]12. The first-order valence-electron chi connectivity index (χ1n) is 9.94. The number of carbonyl (C=O) groups is 3. The number of aliphatic hydroxyl groups is 1. The van der Waals surface area contributed by atoms with E-state index in [2.05, 4.69) is 6.58 Å². The highest BCUT2D eigenvalue weighted by molar-refractivity contribution is 5.91. The zero-order chi connectivity index (χ0) is 22.4. The van der Waals surface area contributed by atoms with Crippen molar-refractivity contribution < 1.29 is 38.4 Å². The Bertz CT molecular complexity index is 840. The predicted molar refractivity (Wildman–Crippen MR) is 105 cm³/mol. The van der Waals surface area contributed by atoms with Crippen LogP contribution in [0.25, 0.3) is 0 Å². The standard InChI is InChI=1S/C22H28O8/c1-10-7-18(29-21(26)22(6)13(4)30-22)19-12(3)20(25)28-17(19)8-11(2)16(9-15(10)24)27-14(5)23/h7-8,13,15-19,24H,3,9H2,1-2,4-6H3/b10-7+,11-8+/t13-,15+,16+,17-,18-,19+,22-/m1/s1. The van der Waals surface area contributed by atoms with Gasteiger partial charge >= 0.3 is 17.9 Å². The van der Waals surface area contributed by atoms with Crippen molar-refractivity contribution in [1.29, 1.82) is 0 Å². The molecule has 8 nitrogen and oxygen atoms in total. The smallest absolute Gasteiger partial charge is 0.341 e. The van der Waals surface area contributed by atoms with Crippen molar-refractivity contribution >= 4 is 17.9 Å². The van der Waals surface area contributed by atoms with Crippen LogP contribution in [0.15, 0.2) is 35.5 Å². The highest BCUT2D eigenvalue weighted by Crippen LogP contribution is 2.40. The molecule has 2 fully saturated rings. The fourth-order valence-corrected chi connectivity index (χ4v) is 3.78. The van der Waals surface area contributed by atoms with Crippen molar-refractivity contribution in [3.63, 3.8) is 0 Å². The van der Waals surface area contributed by atoms with E-state index in [0.29, 0.717) is 11.1 Å². The third-order valence-corrected chi connectivity index (χ3v) is 6.04. The minimum atomic E-state index is -1.04. The number of aliphatic hydroxyl groups excluding tert-OH is 1. The maximum absolute atomic E-state index is 12.7. The topological polar surface area (TPSA) is 112 Å². The van der Waals surface area contributed by atoms with Gasteiger partial charge in [-0.1, -0.05) is 6.58 Å². The second kappa shape index (κ2) is 8.00. The first-order chi connectivity index (χ1) is 13.9. The summed E-state index contributed by atoms with van der Waals surface area (Å²) in [6, 6.07) is 0. The molecule has 0 amide bonds. The minimum Gasteiger partial charge on any atom is -0.458 e. The second-order valence-electron chi connectivity index (χ2n) is 8.33. The molecule has 30 heavy (non-hydrogen) atoms. The van der Waals surface area contributed by atoms with Gasteiger partial charge in [-0.15, -0.1) is 0 Å². The van der Waals surface area contributed by atoms with Crippen molar-refractivity contribution in [2.75, 3.05) is 0 Å². The number of hydrogen-bond acceptors (Lipinski definition) is 8. The van der Waals surface area contributed by atoms with E-state index in [0.717, 1.165) is 0 Å². The molecule has 3 aliphatic rings. The molecule has 0 aromatic heterocycles. The number of rotatable bonds is 3. The molecule has 2 heterocycles. The van der Waals surface area contributed by atoms with E-state index in [-0.39, 0.29) is 18.1 Å². The largest absolute Gasteiger partial charge is 0.458 e. The zero-order valence-corrected chi connectivity index (χ0v) is 17.8. The summed E-state index contributed by atoms with van der Waals surface area (Å²) in [5.74, 6) is -2.32. The molecule has 0 bridgehead atoms. The lowest BCUT2D eigenvalue weighted by Gasteiger charge is -2.29. The van der Waals surface area contributed by atoms with Crippen molar-refractivity contribution in [1.82, 2.24) is 0 Å². The molecule has 0 aromatic carbocycles. The quantitative estimate of drug-likeness (QED) is 0.242. The van der Waals surface area contributed by atoms with Crippen LogP contribution < -0.4 is 0 Å². The fraction of sp³-hybridized carbons (Fsp3) is 0.591. The van der Waals surface area contributed by atoms with Crippen molar-refractivity contribution in [2.45, 2.75) is 77.2 Å². The van der Waals surface area contributed by atoms with Crippen molar-refractivity contribution in [3.05, 3.63) is 35.5 Å². The fourth-order valence-electron chi connectivity index (χ4n) is 3.78. The van der Waals surface area contributed by atoms with E-state index >= 15 is 0 Å². The average molecular weight is 420 g/mol. The van der Waals surface area contributed by atoms with E-state index in [1.807, 2.05) is 0 Å². The lowest BCUT2D eigenvalue weighted by atomic mass is 9.85. The Balaban J connectivity index is 1.99. The maximum Gasteiger partial charge on any atom is 0.341 e. The molecule has 1 aliphatic carbocycles. The zero-order valence-electron chi connectivity index (χ0n) is 17.8. The molecule has 1 N–H and O–H groups in total. The summed E-state index contributed by atoms with van der Waals surface area (Å²) in [5.41, 5.74) is 0.260. The average Bonchev–Trinajstić information content (AvgIpc) is 3.17. The van der Waals surface area contributed by atoms with Gasteiger partial charge < -0.3 is 24.1 Å². The molecule has 7 atom stereocenters. The number of hydrogen-bond donors (Lipinski definition) is 1. The van der Waals surface area contributed by atoms with Crippen LogP contribution in [0.3, 0.4) is 0 Å². The Labute approximate surface area is 175 Å². The van der Waals surface area contributed by atoms with Crippen LogP contribution in [0.1, 0.15) is 41.0 Å². The van der Waals surface area contributed by atoms with Gasteiger partial charge in [0.25, 0.3) is 0 Å². The number of carbonyl (C=O) groups excluding carboxylic acids is 3. The summed E-state index contributed by atoms with van der Waals surface area (Å²) in [6.07, 6.45) is -0.176. The summed E-state index contributed by atoms with van der Waals surface area (Å²) in [5, 5.41) is 10.7. The number of epoxide rings is 1. The van der Waals surface area contributed by atoms with Gasteiger partial charge in [0.05, 0.1) is 18.1 Å². The monoisotopic (exact) mass is 420 g/mol. The van der Waals surface area contributed by atoms with Crippen LogP contribution in [0.4, 0.5) is 0 Å². The first-order valence-corrected chi connectivity index (χ1v) is 9.94. The van der Waals surface area contributed by atoms with Gasteiger partial charge in [-0.25, -0.2) is 9.59 Å². The van der Waals surface area contributed by atoms with Gasteiger partial charge in [0.2, 0.25) is 0 Å². The highest BCUT2D eigenvalue weighted by atomic mass is 16.7. The third-order valence-electron chi connectivity index (χ3n) is 6.04. The molecule has 0 aromatic rings. The van der Waals surface area contributed by atoms with Crippen molar-refractivity contribution in [3.8, 4) is 0 Å². The molecular weight excluding hydrogens is 392 g/mol. The minimum absolute atomic E-state index is 0.120. The van der Waals surface area contributed by atoms with Gasteiger partial charge in [-0.2, -0.15) is 0 Å². The van der Waals surface area contributed by atoms with Crippen LogP contribution in [-0.4, -0.2) is 59.1 Å². The van der Waals surface area contributed by atoms with E-state index < -0.39 is 53.8 Å². The lowest BCUT2D eigenvalue weighted by Crippen LogP contribution is -2.37. The molecule has 2 saturated heterocycles. The molecule has 0 unspecified atom stereocenters. The van der Waals surface area contributed by atoms with Gasteiger partial charge in [-0.05, 0) is 51.0 Å². The number of ether oxygens (including phenoxy) is 4. The Morgan fingerprint density at radius 1 is 1.23 bits per heavy atom. The van der Waals surface area contributed by atoms with Crippen LogP contribution >= 0.6 is 0 Å². The Morgan fingerprint density at radius 2 is 1.87 bits per heavy atom. The van der Waals surface area contributed by atoms with Gasteiger partial charge in [-0.3, -0.25) is 4.79 Å². The van der Waals surface area contributed by atoms with E-state index in [9.17, 15) is 19.5 Å². The normalized spacial score (nSPS) is 42.1. The van der Waals surface area contributed by atoms with Gasteiger partial charge in [0, 0.05) is 18.9 Å². The summed E-state index contributed by atoms with van der Waals surface area (Å²) < 4.78 is 21.9. The predicted octanol–water partition coefficient (Wildman–Crippen LogP) is 1.76. The lowest BCUT2D eigenvalue weighted by molar-refractivity contribution is -0.155. The van der Waals surface area contributed by atoms with Gasteiger partial charge in [0.15, 0.2) is 5.60 Å². The number of esters is 3. The summed E-state index contributed by atoms with van der Waals surface area (Å²) >= 11 is 0. The maximum atomic E-state index is 12.7. The van der Waals surface area contributed by atoms with Crippen LogP contribution in [0, 0.1) is 5.92 Å². The van der Waals surface area contributed by atoms with Gasteiger partial charge in [0.1, 0.15) is 18.3 Å². The van der Waals surface area contributed by atoms with Crippen LogP contribution in [0.5, 0.6) is 0 Å². The molecule has 0 spiro atoms. The van der Waals surface area contributed by atoms with E-state index in [1.165, 1.54) is 6.92 Å². The highest BCUT2D eigenvalue weighted by Gasteiger charge is 2.58. The van der Waals surface area contributed by atoms with Crippen molar-refractivity contribution in [2.24, 2.45) is 5.92 Å². The van der Waals surface area contributed by atoms with E-state index in [4.69, 9.17) is 18.9 Å². The van der Waals surface area contributed by atoms with Crippen LogP contribution in [-0.2, 0) is 33.3 Å². The molecule has 3 rings (SSSR count). The second-order valence-corrected chi connectivity index (χ2v) is 8.33. The molecule has 0 saturated carbocycles. The summed E-state index contributed by atoms with van der Waals surface area (Å²) in [4.78, 5) is 36.5. The molecule has 0 radical (unpaired) electrons. The first kappa shape index (κ1) is 22.2. The Hall–Kier alpha value is -2.45. The molecule has 164 valence electrons. The summed E-state index contributed by atoms with van der Waals surface area (Å²) in [6.45, 7) is 11.9. The summed E-state index contributed by atoms with van der Waals surface area (Å²) in [7, 11) is 0. The third kappa shape index (κ3) is 4.20. The molecular formula is C22H28O8.